The first-order valence-electron chi connectivity index (χ1n) is 12.0. The fourth-order valence-electron chi connectivity index (χ4n) is 4.46. The van der Waals surface area contributed by atoms with Crippen molar-refractivity contribution in [3.05, 3.63) is 60.2 Å². The van der Waals surface area contributed by atoms with Crippen molar-refractivity contribution in [3.8, 4) is 5.75 Å². The first-order valence-corrected chi connectivity index (χ1v) is 13.8. The number of carbonyl (C=O) groups is 2. The zero-order chi connectivity index (χ0) is 25.4. The van der Waals surface area contributed by atoms with E-state index >= 15 is 0 Å². The predicted molar refractivity (Wildman–Crippen MR) is 137 cm³/mol. The van der Waals surface area contributed by atoms with Crippen LogP contribution in [0.1, 0.15) is 44.6 Å². The third-order valence-corrected chi connectivity index (χ3v) is 7.44. The first-order chi connectivity index (χ1) is 16.7. The van der Waals surface area contributed by atoms with E-state index in [0.29, 0.717) is 17.9 Å². The molecule has 1 aliphatic carbocycles. The van der Waals surface area contributed by atoms with Gasteiger partial charge < -0.3 is 15.0 Å². The molecule has 2 amide bonds. The van der Waals surface area contributed by atoms with Gasteiger partial charge in [0.05, 0.1) is 19.1 Å². The molecule has 0 aromatic heterocycles. The zero-order valence-corrected chi connectivity index (χ0v) is 21.5. The third-order valence-electron chi connectivity index (χ3n) is 6.30. The maximum absolute atomic E-state index is 13.7. The van der Waals surface area contributed by atoms with Gasteiger partial charge in [-0.25, -0.2) is 8.42 Å². The molecule has 0 aliphatic heterocycles. The molecule has 1 N–H and O–H groups in total. The molecule has 2 aromatic rings. The molecule has 1 aliphatic rings. The normalized spacial score (nSPS) is 14.8. The molecular formula is C26H35N3O5S. The van der Waals surface area contributed by atoms with Gasteiger partial charge in [-0.1, -0.05) is 50.1 Å². The van der Waals surface area contributed by atoms with Crippen LogP contribution in [-0.2, 0) is 26.2 Å². The van der Waals surface area contributed by atoms with Crippen LogP contribution in [-0.4, -0.2) is 57.1 Å². The highest BCUT2D eigenvalue weighted by Crippen LogP contribution is 2.22. The summed E-state index contributed by atoms with van der Waals surface area (Å²) < 4.78 is 31.6. The van der Waals surface area contributed by atoms with Crippen molar-refractivity contribution in [2.45, 2.75) is 57.7 Å². The van der Waals surface area contributed by atoms with E-state index in [1.807, 2.05) is 25.1 Å². The lowest BCUT2D eigenvalue weighted by atomic mass is 10.1. The summed E-state index contributed by atoms with van der Waals surface area (Å²) >= 11 is 0. The Morgan fingerprint density at radius 2 is 1.77 bits per heavy atom. The van der Waals surface area contributed by atoms with Gasteiger partial charge >= 0.3 is 0 Å². The second kappa shape index (κ2) is 12.1. The molecule has 8 nitrogen and oxygen atoms in total. The van der Waals surface area contributed by atoms with Gasteiger partial charge in [-0.3, -0.25) is 13.9 Å². The lowest BCUT2D eigenvalue weighted by Gasteiger charge is -2.33. The van der Waals surface area contributed by atoms with E-state index in [9.17, 15) is 18.0 Å². The molecule has 1 unspecified atom stereocenters. The van der Waals surface area contributed by atoms with Gasteiger partial charge in [-0.2, -0.15) is 0 Å². The molecule has 3 rings (SSSR count). The fourth-order valence-corrected chi connectivity index (χ4v) is 5.31. The minimum Gasteiger partial charge on any atom is -0.497 e. The molecular weight excluding hydrogens is 466 g/mol. The number of hydrogen-bond donors (Lipinski definition) is 1. The Morgan fingerprint density at radius 1 is 1.09 bits per heavy atom. The molecule has 190 valence electrons. The summed E-state index contributed by atoms with van der Waals surface area (Å²) in [6.45, 7) is 1.61. The number of amides is 2. The van der Waals surface area contributed by atoms with Crippen molar-refractivity contribution >= 4 is 27.5 Å². The molecule has 35 heavy (non-hydrogen) atoms. The number of anilines is 1. The molecule has 1 atom stereocenters. The molecule has 0 radical (unpaired) electrons. The van der Waals surface area contributed by atoms with Crippen LogP contribution in [0.25, 0.3) is 0 Å². The standard InChI is InChI=1S/C26H35N3O5S/c1-4-24(26(31)27-21-12-8-9-13-21)28(18-20-11-10-16-23(17-20)34-2)25(30)19-29(35(3,32)33)22-14-6-5-7-15-22/h5-7,10-11,14-17,21,24H,4,8-9,12-13,18-19H2,1-3H3,(H,27,31). The Bertz CT molecular complexity index is 1100. The molecule has 0 heterocycles. The van der Waals surface area contributed by atoms with Crippen molar-refractivity contribution in [3.63, 3.8) is 0 Å². The summed E-state index contributed by atoms with van der Waals surface area (Å²) in [7, 11) is -2.17. The van der Waals surface area contributed by atoms with Crippen molar-refractivity contribution < 1.29 is 22.7 Å². The summed E-state index contributed by atoms with van der Waals surface area (Å²) in [6, 6.07) is 15.2. The smallest absolute Gasteiger partial charge is 0.244 e. The van der Waals surface area contributed by atoms with Crippen molar-refractivity contribution in [2.75, 3.05) is 24.2 Å². The highest BCUT2D eigenvalue weighted by molar-refractivity contribution is 7.92. The fraction of sp³-hybridized carbons (Fsp3) is 0.462. The number of rotatable bonds is 11. The molecule has 0 bridgehead atoms. The number of nitrogens with one attached hydrogen (secondary N) is 1. The van der Waals surface area contributed by atoms with E-state index < -0.39 is 28.5 Å². The molecule has 0 spiro atoms. The topological polar surface area (TPSA) is 96.0 Å². The number of methoxy groups -OCH3 is 1. The number of carbonyl (C=O) groups excluding carboxylic acids is 2. The van der Waals surface area contributed by atoms with E-state index in [2.05, 4.69) is 5.32 Å². The quantitative estimate of drug-likeness (QED) is 0.510. The summed E-state index contributed by atoms with van der Waals surface area (Å²) in [4.78, 5) is 28.4. The van der Waals surface area contributed by atoms with E-state index in [1.54, 1.807) is 43.5 Å². The Kier molecular flexibility index (Phi) is 9.14. The summed E-state index contributed by atoms with van der Waals surface area (Å²) in [6.07, 6.45) is 5.50. The zero-order valence-electron chi connectivity index (χ0n) is 20.6. The van der Waals surface area contributed by atoms with Crippen LogP contribution in [0, 0.1) is 0 Å². The highest BCUT2D eigenvalue weighted by atomic mass is 32.2. The number of sulfonamides is 1. The van der Waals surface area contributed by atoms with E-state index in [-0.39, 0.29) is 18.5 Å². The minimum atomic E-state index is -3.74. The van der Waals surface area contributed by atoms with Crippen LogP contribution in [0.2, 0.25) is 0 Å². The monoisotopic (exact) mass is 501 g/mol. The van der Waals surface area contributed by atoms with Crippen molar-refractivity contribution in [1.82, 2.24) is 10.2 Å². The third kappa shape index (κ3) is 7.21. The SMILES string of the molecule is CCC(C(=O)NC1CCCC1)N(Cc1cccc(OC)c1)C(=O)CN(c1ccccc1)S(C)(=O)=O. The van der Waals surface area contributed by atoms with Gasteiger partial charge in [0.1, 0.15) is 18.3 Å². The van der Waals surface area contributed by atoms with Gasteiger partial charge in [-0.15, -0.1) is 0 Å². The molecule has 2 aromatic carbocycles. The molecule has 1 saturated carbocycles. The van der Waals surface area contributed by atoms with Gasteiger partial charge in [-0.05, 0) is 49.1 Å². The number of benzene rings is 2. The Balaban J connectivity index is 1.91. The van der Waals surface area contributed by atoms with Crippen molar-refractivity contribution in [2.24, 2.45) is 0 Å². The maximum atomic E-state index is 13.7. The van der Waals surface area contributed by atoms with Crippen LogP contribution in [0.3, 0.4) is 0 Å². The van der Waals surface area contributed by atoms with Crippen LogP contribution < -0.4 is 14.4 Å². The van der Waals surface area contributed by atoms with E-state index in [0.717, 1.165) is 41.8 Å². The van der Waals surface area contributed by atoms with Gasteiger partial charge in [0, 0.05) is 12.6 Å². The van der Waals surface area contributed by atoms with Crippen LogP contribution in [0.5, 0.6) is 5.75 Å². The largest absolute Gasteiger partial charge is 0.497 e. The van der Waals surface area contributed by atoms with E-state index in [1.165, 1.54) is 4.90 Å². The number of ether oxygens (including phenoxy) is 1. The number of nitrogens with zero attached hydrogens (tertiary/aromatic N) is 2. The molecule has 1 fully saturated rings. The Labute approximate surface area is 208 Å². The Hall–Kier alpha value is -3.07. The summed E-state index contributed by atoms with van der Waals surface area (Å²) in [5.41, 5.74) is 1.18. The van der Waals surface area contributed by atoms with Gasteiger partial charge in [0.15, 0.2) is 0 Å². The molecule has 9 heteroatoms. The predicted octanol–water partition coefficient (Wildman–Crippen LogP) is 3.33. The van der Waals surface area contributed by atoms with Crippen LogP contribution >= 0.6 is 0 Å². The lowest BCUT2D eigenvalue weighted by molar-refractivity contribution is -0.140. The maximum Gasteiger partial charge on any atom is 0.244 e. The summed E-state index contributed by atoms with van der Waals surface area (Å²) in [5, 5.41) is 3.10. The van der Waals surface area contributed by atoms with E-state index in [4.69, 9.17) is 4.74 Å². The van der Waals surface area contributed by atoms with Gasteiger partial charge in [0.2, 0.25) is 21.8 Å². The summed E-state index contributed by atoms with van der Waals surface area (Å²) in [5.74, 6) is -0.0165. The highest BCUT2D eigenvalue weighted by Gasteiger charge is 2.33. The lowest BCUT2D eigenvalue weighted by Crippen LogP contribution is -2.53. The van der Waals surface area contributed by atoms with Gasteiger partial charge in [0.25, 0.3) is 0 Å². The second-order valence-corrected chi connectivity index (χ2v) is 10.8. The second-order valence-electron chi connectivity index (χ2n) is 8.89. The van der Waals surface area contributed by atoms with Crippen LogP contribution in [0.15, 0.2) is 54.6 Å². The first kappa shape index (κ1) is 26.5. The average Bonchev–Trinajstić information content (AvgIpc) is 3.35. The number of para-hydroxylation sites is 1. The van der Waals surface area contributed by atoms with Crippen LogP contribution in [0.4, 0.5) is 5.69 Å². The minimum absolute atomic E-state index is 0.113. The number of hydrogen-bond acceptors (Lipinski definition) is 5. The average molecular weight is 502 g/mol. The molecule has 0 saturated heterocycles. The van der Waals surface area contributed by atoms with Crippen molar-refractivity contribution in [1.29, 1.82) is 0 Å². The Morgan fingerprint density at radius 3 is 2.37 bits per heavy atom.